The fourth-order valence-electron chi connectivity index (χ4n) is 1.97. The highest BCUT2D eigenvalue weighted by Crippen LogP contribution is 2.31. The number of aryl methyl sites for hydroxylation is 1. The normalized spacial score (nSPS) is 11.0. The van der Waals surface area contributed by atoms with E-state index in [-0.39, 0.29) is 5.56 Å². The van der Waals surface area contributed by atoms with E-state index in [0.717, 1.165) is 17.5 Å². The smallest absolute Gasteiger partial charge is 0.291 e. The van der Waals surface area contributed by atoms with Crippen molar-refractivity contribution in [3.63, 3.8) is 0 Å². The van der Waals surface area contributed by atoms with Crippen LogP contribution in [-0.2, 0) is 5.92 Å². The Morgan fingerprint density at radius 3 is 2.48 bits per heavy atom. The number of aldehydes is 1. The second-order valence-corrected chi connectivity index (χ2v) is 4.72. The molecule has 0 radical (unpaired) electrons. The molecule has 0 saturated heterocycles. The molecule has 0 aliphatic rings. The van der Waals surface area contributed by atoms with E-state index >= 15 is 0 Å². The number of nitrogens with one attached hydrogen (secondary N) is 1. The molecule has 0 unspecified atom stereocenters. The van der Waals surface area contributed by atoms with Gasteiger partial charge in [-0.1, -0.05) is 18.7 Å². The van der Waals surface area contributed by atoms with Crippen LogP contribution in [0.3, 0.4) is 0 Å². The first kappa shape index (κ1) is 14.9. The second-order valence-electron chi connectivity index (χ2n) is 4.72. The topological polar surface area (TPSA) is 29.1 Å². The van der Waals surface area contributed by atoms with E-state index in [4.69, 9.17) is 0 Å². The van der Waals surface area contributed by atoms with E-state index in [9.17, 15) is 13.6 Å². The number of hydrogen-bond acceptors (Lipinski definition) is 2. The molecule has 0 aliphatic carbocycles. The third-order valence-electron chi connectivity index (χ3n) is 3.19. The number of carbonyl (C=O) groups is 1. The van der Waals surface area contributed by atoms with Gasteiger partial charge in [0.25, 0.3) is 5.92 Å². The number of alkyl halides is 2. The van der Waals surface area contributed by atoms with Gasteiger partial charge in [0.05, 0.1) is 0 Å². The molecule has 2 aromatic rings. The third-order valence-corrected chi connectivity index (χ3v) is 3.19. The molecule has 0 aliphatic heterocycles. The van der Waals surface area contributed by atoms with Gasteiger partial charge < -0.3 is 5.32 Å². The number of benzene rings is 2. The van der Waals surface area contributed by atoms with Crippen LogP contribution in [0.4, 0.5) is 20.2 Å². The number of anilines is 2. The van der Waals surface area contributed by atoms with E-state index in [1.54, 1.807) is 30.3 Å². The van der Waals surface area contributed by atoms with E-state index in [0.29, 0.717) is 17.3 Å². The van der Waals surface area contributed by atoms with Crippen molar-refractivity contribution in [1.29, 1.82) is 0 Å². The predicted octanol–water partition coefficient (Wildman–Crippen LogP) is 4.83. The Balaban J connectivity index is 2.28. The summed E-state index contributed by atoms with van der Waals surface area (Å²) >= 11 is 0. The highest BCUT2D eigenvalue weighted by Gasteiger charge is 2.26. The molecule has 0 saturated carbocycles. The van der Waals surface area contributed by atoms with Gasteiger partial charge >= 0.3 is 0 Å². The molecule has 2 nitrogen and oxygen atoms in total. The Morgan fingerprint density at radius 2 is 1.86 bits per heavy atom. The van der Waals surface area contributed by atoms with E-state index in [2.05, 4.69) is 11.9 Å². The first-order chi connectivity index (χ1) is 9.96. The predicted molar refractivity (Wildman–Crippen MR) is 80.4 cm³/mol. The third kappa shape index (κ3) is 3.34. The quantitative estimate of drug-likeness (QED) is 0.630. The summed E-state index contributed by atoms with van der Waals surface area (Å²) < 4.78 is 27.2. The largest absolute Gasteiger partial charge is 0.356 e. The standard InChI is InChI=1S/C17H15F2NO/c1-3-17(18,19)14-5-4-6-15(10-14)20-16-8-7-13(11-21)12(2)9-16/h3-11,20H,1H2,2H3. The lowest BCUT2D eigenvalue weighted by molar-refractivity contribution is 0.0526. The second kappa shape index (κ2) is 5.87. The molecule has 0 aromatic heterocycles. The first-order valence-corrected chi connectivity index (χ1v) is 6.41. The maximum absolute atomic E-state index is 13.6. The van der Waals surface area contributed by atoms with E-state index in [1.165, 1.54) is 12.1 Å². The van der Waals surface area contributed by atoms with Crippen molar-refractivity contribution >= 4 is 17.7 Å². The van der Waals surface area contributed by atoms with Gasteiger partial charge in [-0.3, -0.25) is 4.79 Å². The number of allylic oxidation sites excluding steroid dienone is 1. The minimum atomic E-state index is -3.06. The highest BCUT2D eigenvalue weighted by atomic mass is 19.3. The molecule has 21 heavy (non-hydrogen) atoms. The first-order valence-electron chi connectivity index (χ1n) is 6.41. The van der Waals surface area contributed by atoms with Crippen LogP contribution in [-0.4, -0.2) is 6.29 Å². The lowest BCUT2D eigenvalue weighted by Gasteiger charge is -2.14. The fraction of sp³-hybridized carbons (Fsp3) is 0.118. The van der Waals surface area contributed by atoms with Crippen molar-refractivity contribution in [3.8, 4) is 0 Å². The summed E-state index contributed by atoms with van der Waals surface area (Å²) in [7, 11) is 0. The van der Waals surface area contributed by atoms with Crippen LogP contribution >= 0.6 is 0 Å². The van der Waals surface area contributed by atoms with Crippen LogP contribution in [0.5, 0.6) is 0 Å². The van der Waals surface area contributed by atoms with Crippen LogP contribution in [0.1, 0.15) is 21.5 Å². The lowest BCUT2D eigenvalue weighted by atomic mass is 10.1. The van der Waals surface area contributed by atoms with Gasteiger partial charge in [-0.2, -0.15) is 8.78 Å². The summed E-state index contributed by atoms with van der Waals surface area (Å²) in [6, 6.07) is 11.2. The monoisotopic (exact) mass is 287 g/mol. The molecular formula is C17H15F2NO. The van der Waals surface area contributed by atoms with E-state index in [1.807, 2.05) is 6.92 Å². The van der Waals surface area contributed by atoms with Crippen molar-refractivity contribution in [3.05, 3.63) is 71.8 Å². The fourth-order valence-corrected chi connectivity index (χ4v) is 1.97. The van der Waals surface area contributed by atoms with Crippen molar-refractivity contribution in [2.75, 3.05) is 5.32 Å². The molecule has 2 rings (SSSR count). The van der Waals surface area contributed by atoms with Gasteiger partial charge in [0.15, 0.2) is 0 Å². The number of hydrogen-bond donors (Lipinski definition) is 1. The molecule has 108 valence electrons. The number of rotatable bonds is 5. The zero-order valence-electron chi connectivity index (χ0n) is 11.6. The summed E-state index contributed by atoms with van der Waals surface area (Å²) in [4.78, 5) is 10.8. The minimum absolute atomic E-state index is 0.122. The summed E-state index contributed by atoms with van der Waals surface area (Å²) in [5, 5.41) is 3.05. The van der Waals surface area contributed by atoms with Gasteiger partial charge in [-0.05, 0) is 48.9 Å². The highest BCUT2D eigenvalue weighted by molar-refractivity contribution is 5.79. The molecule has 4 heteroatoms. The van der Waals surface area contributed by atoms with Gasteiger partial charge in [-0.25, -0.2) is 0 Å². The number of carbonyl (C=O) groups excluding carboxylic acids is 1. The zero-order valence-corrected chi connectivity index (χ0v) is 11.6. The molecule has 0 heterocycles. The average molecular weight is 287 g/mol. The minimum Gasteiger partial charge on any atom is -0.356 e. The van der Waals surface area contributed by atoms with Gasteiger partial charge in [0, 0.05) is 22.5 Å². The van der Waals surface area contributed by atoms with Crippen LogP contribution < -0.4 is 5.32 Å². The Bertz CT molecular complexity index is 680. The molecule has 0 bridgehead atoms. The Hall–Kier alpha value is -2.49. The Labute approximate surface area is 122 Å². The Kier molecular flexibility index (Phi) is 4.17. The van der Waals surface area contributed by atoms with Gasteiger partial charge in [0.2, 0.25) is 0 Å². The van der Waals surface area contributed by atoms with Gasteiger partial charge in [-0.15, -0.1) is 0 Å². The summed E-state index contributed by atoms with van der Waals surface area (Å²) in [5.41, 5.74) is 2.59. The summed E-state index contributed by atoms with van der Waals surface area (Å²) in [5.74, 6) is -3.06. The number of halogens is 2. The van der Waals surface area contributed by atoms with Crippen molar-refractivity contribution < 1.29 is 13.6 Å². The lowest BCUT2D eigenvalue weighted by Crippen LogP contribution is -2.08. The SMILES string of the molecule is C=CC(F)(F)c1cccc(Nc2ccc(C=O)c(C)c2)c1. The molecule has 2 aromatic carbocycles. The van der Waals surface area contributed by atoms with Gasteiger partial charge in [0.1, 0.15) is 6.29 Å². The molecule has 0 fully saturated rings. The molecule has 0 atom stereocenters. The van der Waals surface area contributed by atoms with Crippen LogP contribution in [0.15, 0.2) is 55.1 Å². The molecule has 0 spiro atoms. The summed E-state index contributed by atoms with van der Waals surface area (Å²) in [6.45, 7) is 4.97. The van der Waals surface area contributed by atoms with Crippen LogP contribution in [0.25, 0.3) is 0 Å². The molecule has 1 N–H and O–H groups in total. The average Bonchev–Trinajstić information content (AvgIpc) is 2.48. The zero-order chi connectivity index (χ0) is 15.5. The van der Waals surface area contributed by atoms with Crippen LogP contribution in [0.2, 0.25) is 0 Å². The van der Waals surface area contributed by atoms with Crippen molar-refractivity contribution in [1.82, 2.24) is 0 Å². The molecular weight excluding hydrogens is 272 g/mol. The van der Waals surface area contributed by atoms with Crippen molar-refractivity contribution in [2.24, 2.45) is 0 Å². The van der Waals surface area contributed by atoms with E-state index < -0.39 is 5.92 Å². The maximum Gasteiger partial charge on any atom is 0.291 e. The molecule has 0 amide bonds. The van der Waals surface area contributed by atoms with Crippen LogP contribution in [0, 0.1) is 6.92 Å². The summed E-state index contributed by atoms with van der Waals surface area (Å²) in [6.07, 6.45) is 1.40. The van der Waals surface area contributed by atoms with Crippen molar-refractivity contribution in [2.45, 2.75) is 12.8 Å². The Morgan fingerprint density at radius 1 is 1.14 bits per heavy atom. The maximum atomic E-state index is 13.6.